The Morgan fingerprint density at radius 1 is 1.06 bits per heavy atom. The van der Waals surface area contributed by atoms with E-state index in [1.165, 1.54) is 44.1 Å². The zero-order valence-corrected chi connectivity index (χ0v) is 18.2. The van der Waals surface area contributed by atoms with Gasteiger partial charge in [-0.3, -0.25) is 19.7 Å². The van der Waals surface area contributed by atoms with Gasteiger partial charge in [0.2, 0.25) is 11.8 Å². The Hall–Kier alpha value is -1.86. The molecule has 2 aliphatic heterocycles. The molecule has 4 saturated carbocycles. The molecule has 7 heteroatoms. The Morgan fingerprint density at radius 3 is 2.58 bits per heavy atom. The quantitative estimate of drug-likeness (QED) is 0.577. The van der Waals surface area contributed by atoms with E-state index in [-0.39, 0.29) is 24.1 Å². The fourth-order valence-electron chi connectivity index (χ4n) is 8.06. The molecule has 5 fully saturated rings. The van der Waals surface area contributed by atoms with Crippen LogP contribution in [-0.2, 0) is 20.3 Å². The molecule has 1 N–H and O–H groups in total. The number of amides is 3. The minimum absolute atomic E-state index is 0.124. The molecule has 1 aromatic rings. The maximum atomic E-state index is 13.0. The van der Waals surface area contributed by atoms with Crippen LogP contribution in [0.2, 0.25) is 0 Å². The molecule has 7 rings (SSSR count). The molecule has 6 nitrogen and oxygen atoms in total. The van der Waals surface area contributed by atoms with Crippen LogP contribution >= 0.6 is 12.0 Å². The summed E-state index contributed by atoms with van der Waals surface area (Å²) in [7, 11) is 0. The first-order valence-corrected chi connectivity index (χ1v) is 12.4. The number of fused-ring (bicyclic) bond motifs is 3. The number of nitrogens with zero attached hydrogens (tertiary/aromatic N) is 1. The van der Waals surface area contributed by atoms with Crippen molar-refractivity contribution < 1.29 is 18.6 Å². The second-order valence-electron chi connectivity index (χ2n) is 10.6. The third kappa shape index (κ3) is 2.48. The first-order chi connectivity index (χ1) is 15.0. The molecule has 1 saturated heterocycles. The molecule has 31 heavy (non-hydrogen) atoms. The van der Waals surface area contributed by atoms with E-state index < -0.39 is 6.04 Å². The predicted molar refractivity (Wildman–Crippen MR) is 113 cm³/mol. The lowest BCUT2D eigenvalue weighted by molar-refractivity contribution is -0.136. The highest BCUT2D eigenvalue weighted by Crippen LogP contribution is 2.76. The lowest BCUT2D eigenvalue weighted by Gasteiger charge is -2.49. The van der Waals surface area contributed by atoms with Crippen LogP contribution in [0.4, 0.5) is 0 Å². The van der Waals surface area contributed by atoms with Crippen LogP contribution in [-0.4, -0.2) is 34.8 Å². The third-order valence-corrected chi connectivity index (χ3v) is 10.3. The van der Waals surface area contributed by atoms with Gasteiger partial charge in [0.15, 0.2) is 0 Å². The third-order valence-electron chi connectivity index (χ3n) is 9.37. The normalized spacial score (nSPS) is 41.9. The van der Waals surface area contributed by atoms with E-state index in [1.807, 2.05) is 18.2 Å². The number of hydrogen-bond donors (Lipinski definition) is 1. The summed E-state index contributed by atoms with van der Waals surface area (Å²) in [4.78, 5) is 39.5. The molecule has 3 amide bonds. The van der Waals surface area contributed by atoms with Gasteiger partial charge < -0.3 is 9.08 Å². The van der Waals surface area contributed by atoms with E-state index in [0.29, 0.717) is 41.9 Å². The molecular formula is C24H26N2O4S. The van der Waals surface area contributed by atoms with Gasteiger partial charge in [0.25, 0.3) is 5.91 Å². The summed E-state index contributed by atoms with van der Waals surface area (Å²) in [6.07, 6.45) is 7.84. The van der Waals surface area contributed by atoms with Crippen molar-refractivity contribution >= 4 is 29.8 Å². The fraction of sp³-hybridized carbons (Fsp3) is 0.625. The van der Waals surface area contributed by atoms with Gasteiger partial charge in [-0.2, -0.15) is 0 Å². The molecule has 3 bridgehead atoms. The van der Waals surface area contributed by atoms with Gasteiger partial charge in [-0.05, 0) is 79.7 Å². The average Bonchev–Trinajstić information content (AvgIpc) is 3.28. The largest absolute Gasteiger partial charge is 0.322 e. The number of benzene rings is 1. The molecule has 1 spiro atoms. The van der Waals surface area contributed by atoms with Gasteiger partial charge in [0.1, 0.15) is 6.04 Å². The zero-order valence-electron chi connectivity index (χ0n) is 17.3. The average molecular weight is 439 g/mol. The monoisotopic (exact) mass is 438 g/mol. The summed E-state index contributed by atoms with van der Waals surface area (Å²) in [6.45, 7) is 0.401. The van der Waals surface area contributed by atoms with Gasteiger partial charge in [0.05, 0.1) is 6.10 Å². The van der Waals surface area contributed by atoms with Crippen molar-refractivity contribution in [2.45, 2.75) is 68.5 Å². The Bertz CT molecular complexity index is 1000. The first kappa shape index (κ1) is 18.7. The lowest BCUT2D eigenvalue weighted by atomic mass is 9.56. The molecule has 1 aromatic carbocycles. The van der Waals surface area contributed by atoms with Crippen molar-refractivity contribution in [2.24, 2.45) is 29.1 Å². The molecule has 6 aliphatic rings. The minimum Gasteiger partial charge on any atom is -0.322 e. The topological polar surface area (TPSA) is 75.7 Å². The molecule has 4 aliphatic carbocycles. The summed E-state index contributed by atoms with van der Waals surface area (Å²) in [5.41, 5.74) is 2.29. The predicted octanol–water partition coefficient (Wildman–Crippen LogP) is 3.30. The summed E-state index contributed by atoms with van der Waals surface area (Å²) in [6, 6.07) is 5.19. The van der Waals surface area contributed by atoms with E-state index in [9.17, 15) is 14.4 Å². The van der Waals surface area contributed by atoms with Crippen molar-refractivity contribution in [3.63, 3.8) is 0 Å². The van der Waals surface area contributed by atoms with E-state index in [1.54, 1.807) is 4.90 Å². The van der Waals surface area contributed by atoms with Gasteiger partial charge in [-0.1, -0.05) is 6.07 Å². The van der Waals surface area contributed by atoms with Crippen LogP contribution in [0.3, 0.4) is 0 Å². The Kier molecular flexibility index (Phi) is 3.83. The van der Waals surface area contributed by atoms with Crippen LogP contribution in [0, 0.1) is 29.1 Å². The standard InChI is InChI=1S/C24H26N2O4S/c27-20-5-4-18(22(28)25-20)26-11-17-16(23(26)29)2-1-3-19(17)31-30-21-12-6-14-8-15-7-13(21)10-24(14,15)9-12/h1-3,12-15,18,21H,4-11H2,(H,25,27,28). The first-order valence-electron chi connectivity index (χ1n) is 11.6. The van der Waals surface area contributed by atoms with E-state index >= 15 is 0 Å². The van der Waals surface area contributed by atoms with Crippen LogP contribution in [0.25, 0.3) is 0 Å². The molecular weight excluding hydrogens is 412 g/mol. The van der Waals surface area contributed by atoms with E-state index in [4.69, 9.17) is 4.18 Å². The van der Waals surface area contributed by atoms with Crippen LogP contribution in [0.15, 0.2) is 23.1 Å². The maximum Gasteiger partial charge on any atom is 0.255 e. The zero-order chi connectivity index (χ0) is 20.9. The summed E-state index contributed by atoms with van der Waals surface area (Å²) < 4.78 is 6.53. The number of carbonyl (C=O) groups excluding carboxylic acids is 3. The molecule has 5 atom stereocenters. The SMILES string of the molecule is O=C1CCC(N2Cc3c(SOC4C5CC6CC7CC4CC67C5)cccc3C2=O)C(=O)N1. The summed E-state index contributed by atoms with van der Waals surface area (Å²) in [5.74, 6) is 2.54. The number of hydrogen-bond acceptors (Lipinski definition) is 5. The smallest absolute Gasteiger partial charge is 0.255 e. The van der Waals surface area contributed by atoms with Gasteiger partial charge >= 0.3 is 0 Å². The highest BCUT2D eigenvalue weighted by atomic mass is 32.2. The van der Waals surface area contributed by atoms with Crippen molar-refractivity contribution in [3.05, 3.63) is 29.3 Å². The molecule has 2 heterocycles. The van der Waals surface area contributed by atoms with Gasteiger partial charge in [0, 0.05) is 41.0 Å². The maximum absolute atomic E-state index is 13.0. The molecule has 0 aromatic heterocycles. The van der Waals surface area contributed by atoms with Gasteiger partial charge in [-0.15, -0.1) is 0 Å². The molecule has 0 radical (unpaired) electrons. The summed E-state index contributed by atoms with van der Waals surface area (Å²) >= 11 is 1.44. The Labute approximate surface area is 185 Å². The van der Waals surface area contributed by atoms with Crippen molar-refractivity contribution in [1.82, 2.24) is 10.2 Å². The highest BCUT2D eigenvalue weighted by molar-refractivity contribution is 7.94. The van der Waals surface area contributed by atoms with Gasteiger partial charge in [-0.25, -0.2) is 0 Å². The van der Waals surface area contributed by atoms with Crippen molar-refractivity contribution in [1.29, 1.82) is 0 Å². The van der Waals surface area contributed by atoms with Crippen LogP contribution in [0.5, 0.6) is 0 Å². The van der Waals surface area contributed by atoms with E-state index in [0.717, 1.165) is 22.3 Å². The fourth-order valence-corrected chi connectivity index (χ4v) is 8.99. The number of carbonyl (C=O) groups is 3. The second kappa shape index (κ2) is 6.35. The Morgan fingerprint density at radius 2 is 1.84 bits per heavy atom. The summed E-state index contributed by atoms with van der Waals surface area (Å²) in [5, 5.41) is 2.37. The number of imide groups is 1. The van der Waals surface area contributed by atoms with E-state index in [2.05, 4.69) is 5.32 Å². The lowest BCUT2D eigenvalue weighted by Crippen LogP contribution is -2.52. The number of piperidine rings is 1. The molecule has 5 unspecified atom stereocenters. The molecule has 162 valence electrons. The highest BCUT2D eigenvalue weighted by Gasteiger charge is 2.69. The van der Waals surface area contributed by atoms with Crippen LogP contribution in [0.1, 0.15) is 60.9 Å². The number of nitrogens with one attached hydrogen (secondary N) is 1. The number of rotatable bonds is 4. The minimum atomic E-state index is -0.577. The van der Waals surface area contributed by atoms with Crippen LogP contribution < -0.4 is 5.32 Å². The second-order valence-corrected chi connectivity index (χ2v) is 11.4. The van der Waals surface area contributed by atoms with Crippen molar-refractivity contribution in [2.75, 3.05) is 0 Å². The Balaban J connectivity index is 1.10. The van der Waals surface area contributed by atoms with Crippen molar-refractivity contribution in [3.8, 4) is 0 Å².